The molecule has 8 heteroatoms. The highest BCUT2D eigenvalue weighted by atomic mass is 19.1. The standard InChI is InChI=1S/C23H31FN4O3/c1-27(2)22(29)17-26-23(25-14-13-18-9-11-19(30-4)12-10-18)28(3)15-16-31-21-8-6-5-7-20(21)24/h5-12H,13-17H2,1-4H3,(H,25,26). The Balaban J connectivity index is 1.93. The third kappa shape index (κ3) is 8.16. The average Bonchev–Trinajstić information content (AvgIpc) is 2.77. The van der Waals surface area contributed by atoms with E-state index in [2.05, 4.69) is 10.3 Å². The molecule has 0 saturated heterocycles. The third-order valence-corrected chi connectivity index (χ3v) is 4.60. The van der Waals surface area contributed by atoms with Crippen LogP contribution in [0.2, 0.25) is 0 Å². The molecule has 0 bridgehead atoms. The van der Waals surface area contributed by atoms with Gasteiger partial charge >= 0.3 is 0 Å². The summed E-state index contributed by atoms with van der Waals surface area (Å²) in [5, 5.41) is 3.30. The molecule has 2 aromatic carbocycles. The highest BCUT2D eigenvalue weighted by Crippen LogP contribution is 2.15. The molecule has 1 N–H and O–H groups in total. The van der Waals surface area contributed by atoms with Crippen molar-refractivity contribution < 1.29 is 18.7 Å². The molecule has 0 aromatic heterocycles. The maximum Gasteiger partial charge on any atom is 0.243 e. The Morgan fingerprint density at radius 2 is 1.81 bits per heavy atom. The lowest BCUT2D eigenvalue weighted by Crippen LogP contribution is -2.42. The molecule has 2 aromatic rings. The molecule has 31 heavy (non-hydrogen) atoms. The Labute approximate surface area is 183 Å². The van der Waals surface area contributed by atoms with E-state index in [1.54, 1.807) is 39.4 Å². The summed E-state index contributed by atoms with van der Waals surface area (Å²) < 4.78 is 24.4. The minimum Gasteiger partial charge on any atom is -0.497 e. The summed E-state index contributed by atoms with van der Waals surface area (Å²) >= 11 is 0. The van der Waals surface area contributed by atoms with Gasteiger partial charge < -0.3 is 24.6 Å². The number of carbonyl (C=O) groups excluding carboxylic acids is 1. The van der Waals surface area contributed by atoms with Crippen LogP contribution in [-0.4, -0.2) is 76.2 Å². The third-order valence-electron chi connectivity index (χ3n) is 4.60. The molecule has 0 radical (unpaired) electrons. The number of para-hydroxylation sites is 1. The molecule has 0 saturated carbocycles. The number of hydrogen-bond donors (Lipinski definition) is 1. The van der Waals surface area contributed by atoms with Crippen LogP contribution in [0.3, 0.4) is 0 Å². The highest BCUT2D eigenvalue weighted by molar-refractivity contribution is 5.84. The topological polar surface area (TPSA) is 66.4 Å². The van der Waals surface area contributed by atoms with E-state index in [0.29, 0.717) is 19.0 Å². The van der Waals surface area contributed by atoms with E-state index in [0.717, 1.165) is 17.7 Å². The summed E-state index contributed by atoms with van der Waals surface area (Å²) in [7, 11) is 6.88. The molecule has 0 aliphatic carbocycles. The van der Waals surface area contributed by atoms with Gasteiger partial charge in [0.2, 0.25) is 5.91 Å². The Morgan fingerprint density at radius 3 is 2.45 bits per heavy atom. The van der Waals surface area contributed by atoms with Crippen molar-refractivity contribution in [2.24, 2.45) is 4.99 Å². The number of rotatable bonds is 10. The van der Waals surface area contributed by atoms with Gasteiger partial charge in [0, 0.05) is 27.7 Å². The molecular formula is C23H31FN4O3. The molecule has 168 valence electrons. The molecular weight excluding hydrogens is 399 g/mol. The van der Waals surface area contributed by atoms with Gasteiger partial charge in [-0.1, -0.05) is 24.3 Å². The predicted octanol–water partition coefficient (Wildman–Crippen LogP) is 2.42. The summed E-state index contributed by atoms with van der Waals surface area (Å²) in [6.45, 7) is 1.42. The maximum atomic E-state index is 13.7. The summed E-state index contributed by atoms with van der Waals surface area (Å²) in [5.41, 5.74) is 1.16. The Hall–Kier alpha value is -3.29. The first-order valence-corrected chi connectivity index (χ1v) is 10.1. The number of carbonyl (C=O) groups is 1. The molecule has 0 aliphatic rings. The van der Waals surface area contributed by atoms with Gasteiger partial charge in [-0.05, 0) is 36.2 Å². The van der Waals surface area contributed by atoms with Gasteiger partial charge in [0.15, 0.2) is 17.5 Å². The number of amides is 1. The van der Waals surface area contributed by atoms with Gasteiger partial charge in [0.25, 0.3) is 0 Å². The van der Waals surface area contributed by atoms with Crippen molar-refractivity contribution in [2.75, 3.05) is 54.5 Å². The Bertz CT molecular complexity index is 856. The van der Waals surface area contributed by atoms with Crippen molar-refractivity contribution in [1.29, 1.82) is 0 Å². The quantitative estimate of drug-likeness (QED) is 0.463. The van der Waals surface area contributed by atoms with Crippen LogP contribution in [0, 0.1) is 5.82 Å². The van der Waals surface area contributed by atoms with Gasteiger partial charge in [-0.2, -0.15) is 0 Å². The molecule has 0 heterocycles. The highest BCUT2D eigenvalue weighted by Gasteiger charge is 2.10. The van der Waals surface area contributed by atoms with Gasteiger partial charge in [-0.25, -0.2) is 9.38 Å². The van der Waals surface area contributed by atoms with Crippen LogP contribution < -0.4 is 14.8 Å². The van der Waals surface area contributed by atoms with E-state index < -0.39 is 5.82 Å². The maximum absolute atomic E-state index is 13.7. The number of likely N-dealkylation sites (N-methyl/N-ethyl adjacent to an activating group) is 2. The number of halogens is 1. The second-order valence-electron chi connectivity index (χ2n) is 7.15. The first kappa shape index (κ1) is 24.0. The Morgan fingerprint density at radius 1 is 1.10 bits per heavy atom. The van der Waals surface area contributed by atoms with Crippen molar-refractivity contribution >= 4 is 11.9 Å². The summed E-state index contributed by atoms with van der Waals surface area (Å²) in [5.74, 6) is 1.12. The number of benzene rings is 2. The second-order valence-corrected chi connectivity index (χ2v) is 7.15. The lowest BCUT2D eigenvalue weighted by molar-refractivity contribution is -0.127. The van der Waals surface area contributed by atoms with Crippen molar-refractivity contribution in [1.82, 2.24) is 15.1 Å². The van der Waals surface area contributed by atoms with Crippen LogP contribution in [-0.2, 0) is 11.2 Å². The van der Waals surface area contributed by atoms with Crippen LogP contribution in [0.25, 0.3) is 0 Å². The summed E-state index contributed by atoms with van der Waals surface area (Å²) in [4.78, 5) is 19.8. The largest absolute Gasteiger partial charge is 0.497 e. The second kappa shape index (κ2) is 12.4. The predicted molar refractivity (Wildman–Crippen MR) is 120 cm³/mol. The summed E-state index contributed by atoms with van der Waals surface area (Å²) in [6.07, 6.45) is 0.782. The number of guanidine groups is 1. The smallest absolute Gasteiger partial charge is 0.243 e. The normalized spacial score (nSPS) is 11.1. The first-order valence-electron chi connectivity index (χ1n) is 10.1. The fourth-order valence-electron chi connectivity index (χ4n) is 2.67. The van der Waals surface area contributed by atoms with E-state index in [9.17, 15) is 9.18 Å². The minimum absolute atomic E-state index is 0.0381. The van der Waals surface area contributed by atoms with Gasteiger partial charge in [-0.15, -0.1) is 0 Å². The lowest BCUT2D eigenvalue weighted by atomic mass is 10.1. The fraction of sp³-hybridized carbons (Fsp3) is 0.391. The minimum atomic E-state index is -0.395. The fourth-order valence-corrected chi connectivity index (χ4v) is 2.67. The van der Waals surface area contributed by atoms with Crippen molar-refractivity contribution in [2.45, 2.75) is 6.42 Å². The SMILES string of the molecule is COc1ccc(CCNC(=NCC(=O)N(C)C)N(C)CCOc2ccccc2F)cc1. The number of nitrogens with zero attached hydrogens (tertiary/aromatic N) is 3. The summed E-state index contributed by atoms with van der Waals surface area (Å²) in [6, 6.07) is 14.2. The van der Waals surface area contributed by atoms with Crippen molar-refractivity contribution in [3.63, 3.8) is 0 Å². The molecule has 0 aliphatic heterocycles. The number of aliphatic imine (C=N–C) groups is 1. The average molecular weight is 431 g/mol. The van der Waals surface area contributed by atoms with E-state index in [4.69, 9.17) is 9.47 Å². The molecule has 0 spiro atoms. The van der Waals surface area contributed by atoms with Crippen LogP contribution in [0.4, 0.5) is 4.39 Å². The van der Waals surface area contributed by atoms with Gasteiger partial charge in [-0.3, -0.25) is 4.79 Å². The molecule has 1 amide bonds. The Kier molecular flexibility index (Phi) is 9.61. The van der Waals surface area contributed by atoms with Gasteiger partial charge in [0.05, 0.1) is 13.7 Å². The molecule has 0 atom stereocenters. The van der Waals surface area contributed by atoms with E-state index in [1.807, 2.05) is 36.2 Å². The molecule has 7 nitrogen and oxygen atoms in total. The van der Waals surface area contributed by atoms with Crippen molar-refractivity contribution in [3.05, 3.63) is 59.9 Å². The van der Waals surface area contributed by atoms with Crippen LogP contribution in [0.5, 0.6) is 11.5 Å². The lowest BCUT2D eigenvalue weighted by Gasteiger charge is -2.23. The monoisotopic (exact) mass is 430 g/mol. The molecule has 2 rings (SSSR count). The zero-order valence-electron chi connectivity index (χ0n) is 18.6. The van der Waals surface area contributed by atoms with Crippen molar-refractivity contribution in [3.8, 4) is 11.5 Å². The van der Waals surface area contributed by atoms with Gasteiger partial charge in [0.1, 0.15) is 18.9 Å². The molecule has 0 unspecified atom stereocenters. The van der Waals surface area contributed by atoms with Crippen LogP contribution in [0.15, 0.2) is 53.5 Å². The zero-order chi connectivity index (χ0) is 22.6. The first-order chi connectivity index (χ1) is 14.9. The van der Waals surface area contributed by atoms with E-state index >= 15 is 0 Å². The number of hydrogen-bond acceptors (Lipinski definition) is 4. The number of methoxy groups -OCH3 is 1. The number of ether oxygens (including phenoxy) is 2. The molecule has 0 fully saturated rings. The van der Waals surface area contributed by atoms with E-state index in [-0.39, 0.29) is 24.8 Å². The van der Waals surface area contributed by atoms with E-state index in [1.165, 1.54) is 11.0 Å². The zero-order valence-corrected chi connectivity index (χ0v) is 18.6. The van der Waals surface area contributed by atoms with Crippen LogP contribution in [0.1, 0.15) is 5.56 Å². The van der Waals surface area contributed by atoms with Crippen LogP contribution >= 0.6 is 0 Å². The number of nitrogens with one attached hydrogen (secondary N) is 1.